The van der Waals surface area contributed by atoms with Crippen LogP contribution in [0.5, 0.6) is 0 Å². The van der Waals surface area contributed by atoms with Gasteiger partial charge in [-0.3, -0.25) is 4.79 Å². The second-order valence-corrected chi connectivity index (χ2v) is 5.79. The Morgan fingerprint density at radius 2 is 1.68 bits per heavy atom. The zero-order valence-corrected chi connectivity index (χ0v) is 11.7. The fraction of sp³-hybridized carbons (Fsp3) is 0.857. The molecule has 5 nitrogen and oxygen atoms in total. The molecule has 0 aromatic carbocycles. The first-order valence-electron chi connectivity index (χ1n) is 7.36. The summed E-state index contributed by atoms with van der Waals surface area (Å²) < 4.78 is 0. The largest absolute Gasteiger partial charge is 0.481 e. The van der Waals surface area contributed by atoms with E-state index >= 15 is 0 Å². The van der Waals surface area contributed by atoms with Crippen molar-refractivity contribution in [3.8, 4) is 0 Å². The van der Waals surface area contributed by atoms with Crippen LogP contribution < -0.4 is 0 Å². The van der Waals surface area contributed by atoms with E-state index < -0.39 is 11.4 Å². The highest BCUT2D eigenvalue weighted by Gasteiger charge is 2.45. The minimum absolute atomic E-state index is 0.0403. The molecule has 0 bridgehead atoms. The van der Waals surface area contributed by atoms with Gasteiger partial charge in [0.2, 0.25) is 0 Å². The van der Waals surface area contributed by atoms with Gasteiger partial charge in [-0.2, -0.15) is 0 Å². The summed E-state index contributed by atoms with van der Waals surface area (Å²) in [4.78, 5) is 27.5. The molecule has 2 rings (SSSR count). The maximum absolute atomic E-state index is 12.4. The highest BCUT2D eigenvalue weighted by molar-refractivity contribution is 5.79. The Bertz CT molecular complexity index is 351. The van der Waals surface area contributed by atoms with Gasteiger partial charge in [-0.25, -0.2) is 4.79 Å². The molecule has 0 saturated carbocycles. The molecule has 0 radical (unpaired) electrons. The van der Waals surface area contributed by atoms with E-state index in [0.29, 0.717) is 25.9 Å². The summed E-state index contributed by atoms with van der Waals surface area (Å²) in [5.74, 6) is -0.763. The number of amides is 2. The number of aliphatic carboxylic acids is 1. The molecule has 0 aromatic rings. The van der Waals surface area contributed by atoms with Gasteiger partial charge in [0.1, 0.15) is 0 Å². The van der Waals surface area contributed by atoms with Crippen LogP contribution in [-0.2, 0) is 4.79 Å². The fourth-order valence-electron chi connectivity index (χ4n) is 3.11. The first kappa shape index (κ1) is 14.2. The van der Waals surface area contributed by atoms with E-state index in [9.17, 15) is 14.7 Å². The van der Waals surface area contributed by atoms with Crippen molar-refractivity contribution in [1.82, 2.24) is 9.80 Å². The molecule has 108 valence electrons. The van der Waals surface area contributed by atoms with Crippen LogP contribution in [-0.4, -0.2) is 53.1 Å². The Kier molecular flexibility index (Phi) is 4.32. The predicted octanol–water partition coefficient (Wildman–Crippen LogP) is 2.17. The van der Waals surface area contributed by atoms with E-state index in [1.807, 2.05) is 11.8 Å². The molecule has 19 heavy (non-hydrogen) atoms. The topological polar surface area (TPSA) is 60.9 Å². The smallest absolute Gasteiger partial charge is 0.320 e. The normalized spacial score (nSPS) is 28.3. The Hall–Kier alpha value is -1.26. The van der Waals surface area contributed by atoms with Crippen molar-refractivity contribution in [1.29, 1.82) is 0 Å². The summed E-state index contributed by atoms with van der Waals surface area (Å²) >= 11 is 0. The second kappa shape index (κ2) is 5.80. The number of carbonyl (C=O) groups is 2. The Labute approximate surface area is 114 Å². The first-order valence-corrected chi connectivity index (χ1v) is 7.36. The van der Waals surface area contributed by atoms with E-state index in [2.05, 4.69) is 0 Å². The van der Waals surface area contributed by atoms with E-state index in [1.54, 1.807) is 4.90 Å². The maximum Gasteiger partial charge on any atom is 0.320 e. The maximum atomic E-state index is 12.4. The number of hydrogen-bond acceptors (Lipinski definition) is 2. The van der Waals surface area contributed by atoms with Crippen LogP contribution in [0.25, 0.3) is 0 Å². The monoisotopic (exact) mass is 268 g/mol. The number of likely N-dealkylation sites (tertiary alicyclic amines) is 2. The van der Waals surface area contributed by atoms with Gasteiger partial charge in [0.05, 0.1) is 5.41 Å². The van der Waals surface area contributed by atoms with Gasteiger partial charge >= 0.3 is 12.0 Å². The molecule has 2 aliphatic rings. The number of hydrogen-bond donors (Lipinski definition) is 1. The van der Waals surface area contributed by atoms with Crippen LogP contribution in [0, 0.1) is 5.41 Å². The first-order chi connectivity index (χ1) is 9.09. The summed E-state index contributed by atoms with van der Waals surface area (Å²) in [5, 5.41) is 9.37. The summed E-state index contributed by atoms with van der Waals surface area (Å²) in [6.45, 7) is 4.49. The van der Waals surface area contributed by atoms with Crippen molar-refractivity contribution in [2.24, 2.45) is 5.41 Å². The third-order valence-corrected chi connectivity index (χ3v) is 4.63. The van der Waals surface area contributed by atoms with Crippen LogP contribution in [0.2, 0.25) is 0 Å². The Morgan fingerprint density at radius 1 is 1.05 bits per heavy atom. The number of urea groups is 1. The molecule has 0 aliphatic carbocycles. The van der Waals surface area contributed by atoms with Crippen molar-refractivity contribution in [2.75, 3.05) is 26.2 Å². The lowest BCUT2D eigenvalue weighted by atomic mass is 9.84. The highest BCUT2D eigenvalue weighted by Crippen LogP contribution is 2.34. The third-order valence-electron chi connectivity index (χ3n) is 4.63. The zero-order chi connectivity index (χ0) is 13.9. The van der Waals surface area contributed by atoms with Gasteiger partial charge in [0.25, 0.3) is 0 Å². The molecule has 1 atom stereocenters. The van der Waals surface area contributed by atoms with Gasteiger partial charge in [0, 0.05) is 26.2 Å². The second-order valence-electron chi connectivity index (χ2n) is 5.79. The van der Waals surface area contributed by atoms with Gasteiger partial charge in [-0.1, -0.05) is 19.8 Å². The Balaban J connectivity index is 1.99. The zero-order valence-electron chi connectivity index (χ0n) is 11.7. The molecule has 0 aromatic heterocycles. The lowest BCUT2D eigenvalue weighted by Gasteiger charge is -2.28. The summed E-state index contributed by atoms with van der Waals surface area (Å²) in [7, 11) is 0. The van der Waals surface area contributed by atoms with Crippen molar-refractivity contribution in [2.45, 2.75) is 45.4 Å². The summed E-state index contributed by atoms with van der Waals surface area (Å²) in [5.41, 5.74) is -0.721. The van der Waals surface area contributed by atoms with E-state index in [-0.39, 0.29) is 6.03 Å². The predicted molar refractivity (Wildman–Crippen MR) is 72.0 cm³/mol. The summed E-state index contributed by atoms with van der Waals surface area (Å²) in [6, 6.07) is 0.0403. The van der Waals surface area contributed by atoms with Gasteiger partial charge < -0.3 is 14.9 Å². The Morgan fingerprint density at radius 3 is 2.16 bits per heavy atom. The minimum Gasteiger partial charge on any atom is -0.481 e. The van der Waals surface area contributed by atoms with Crippen LogP contribution in [0.1, 0.15) is 45.4 Å². The quantitative estimate of drug-likeness (QED) is 0.835. The highest BCUT2D eigenvalue weighted by atomic mass is 16.4. The fourth-order valence-corrected chi connectivity index (χ4v) is 3.11. The van der Waals surface area contributed by atoms with Crippen molar-refractivity contribution in [3.05, 3.63) is 0 Å². The average Bonchev–Trinajstić information content (AvgIpc) is 2.67. The molecule has 1 N–H and O–H groups in total. The standard InChI is InChI=1S/C14H24N2O3/c1-2-14(12(17)18)7-10-16(11-14)13(19)15-8-5-3-4-6-9-15/h2-11H2,1H3,(H,17,18). The number of nitrogens with zero attached hydrogens (tertiary/aromatic N) is 2. The molecule has 2 amide bonds. The number of rotatable bonds is 2. The number of carbonyl (C=O) groups excluding carboxylic acids is 1. The summed E-state index contributed by atoms with van der Waals surface area (Å²) in [6.07, 6.45) is 5.69. The molecule has 1 unspecified atom stereocenters. The molecular formula is C14H24N2O3. The van der Waals surface area contributed by atoms with Gasteiger partial charge in [-0.05, 0) is 25.7 Å². The average molecular weight is 268 g/mol. The third kappa shape index (κ3) is 2.85. The molecular weight excluding hydrogens is 244 g/mol. The van der Waals surface area contributed by atoms with Crippen molar-refractivity contribution < 1.29 is 14.7 Å². The van der Waals surface area contributed by atoms with Gasteiger partial charge in [-0.15, -0.1) is 0 Å². The van der Waals surface area contributed by atoms with Crippen molar-refractivity contribution >= 4 is 12.0 Å². The number of carboxylic acids is 1. The van der Waals surface area contributed by atoms with E-state index in [1.165, 1.54) is 12.8 Å². The SMILES string of the molecule is CCC1(C(=O)O)CCN(C(=O)N2CCCCCC2)C1. The number of carboxylic acid groups (broad SMARTS) is 1. The van der Waals surface area contributed by atoms with Crippen molar-refractivity contribution in [3.63, 3.8) is 0 Å². The minimum atomic E-state index is -0.763. The van der Waals surface area contributed by atoms with Crippen LogP contribution in [0.3, 0.4) is 0 Å². The molecule has 0 spiro atoms. The van der Waals surface area contributed by atoms with Crippen LogP contribution in [0.15, 0.2) is 0 Å². The molecule has 2 fully saturated rings. The molecule has 2 saturated heterocycles. The molecule has 2 aliphatic heterocycles. The van der Waals surface area contributed by atoms with E-state index in [4.69, 9.17) is 0 Å². The lowest BCUT2D eigenvalue weighted by molar-refractivity contribution is -0.148. The van der Waals surface area contributed by atoms with Crippen LogP contribution in [0.4, 0.5) is 4.79 Å². The lowest BCUT2D eigenvalue weighted by Crippen LogP contribution is -2.44. The molecule has 5 heteroatoms. The van der Waals surface area contributed by atoms with E-state index in [0.717, 1.165) is 25.9 Å². The molecule has 2 heterocycles. The van der Waals surface area contributed by atoms with Gasteiger partial charge in [0.15, 0.2) is 0 Å². The van der Waals surface area contributed by atoms with Crippen LogP contribution >= 0.6 is 0 Å².